The first-order chi connectivity index (χ1) is 13.0. The zero-order valence-corrected chi connectivity index (χ0v) is 16.1. The third kappa shape index (κ3) is 6.05. The van der Waals surface area contributed by atoms with Gasteiger partial charge < -0.3 is 9.47 Å². The zero-order valence-electron chi connectivity index (χ0n) is 16.1. The lowest BCUT2D eigenvalue weighted by atomic mass is 9.91. The molecule has 1 fully saturated rings. The first kappa shape index (κ1) is 20.9. The van der Waals surface area contributed by atoms with Crippen LogP contribution in [0.25, 0.3) is 0 Å². The summed E-state index contributed by atoms with van der Waals surface area (Å²) in [6.07, 6.45) is 17.9. The largest absolute Gasteiger partial charge is 0.458 e. The lowest BCUT2D eigenvalue weighted by Gasteiger charge is -2.27. The maximum absolute atomic E-state index is 12.3. The highest BCUT2D eigenvalue weighted by Crippen LogP contribution is 2.34. The number of carbonyl (C=O) groups is 3. The van der Waals surface area contributed by atoms with Crippen LogP contribution in [0, 0.1) is 0 Å². The third-order valence-electron chi connectivity index (χ3n) is 4.62. The molecule has 1 aliphatic carbocycles. The minimum Gasteiger partial charge on any atom is -0.458 e. The summed E-state index contributed by atoms with van der Waals surface area (Å²) in [7, 11) is 0. The van der Waals surface area contributed by atoms with Crippen molar-refractivity contribution in [2.75, 3.05) is 0 Å². The highest BCUT2D eigenvalue weighted by Gasteiger charge is 2.41. The van der Waals surface area contributed by atoms with Gasteiger partial charge in [-0.25, -0.2) is 0 Å². The van der Waals surface area contributed by atoms with Crippen LogP contribution in [0.5, 0.6) is 0 Å². The SMILES string of the molecule is CCCCC/C=C\C[C@]1(OC(C)=O)C=CC(=O)/C1=C\C=C\[C@H]1CCC(=O)O1. The number of unbranched alkanes of at least 4 members (excludes halogenated alkanes) is 3. The van der Waals surface area contributed by atoms with Gasteiger partial charge in [0.25, 0.3) is 0 Å². The van der Waals surface area contributed by atoms with E-state index in [1.54, 1.807) is 24.3 Å². The normalized spacial score (nSPS) is 26.6. The first-order valence-corrected chi connectivity index (χ1v) is 9.63. The van der Waals surface area contributed by atoms with Gasteiger partial charge in [0.15, 0.2) is 11.4 Å². The number of rotatable bonds is 9. The molecule has 1 aliphatic heterocycles. The molecule has 0 spiro atoms. The van der Waals surface area contributed by atoms with Gasteiger partial charge in [0.2, 0.25) is 0 Å². The molecule has 5 heteroatoms. The fraction of sp³-hybridized carbons (Fsp3) is 0.500. The maximum atomic E-state index is 12.3. The van der Waals surface area contributed by atoms with E-state index in [1.165, 1.54) is 19.4 Å². The number of ketones is 1. The van der Waals surface area contributed by atoms with Crippen LogP contribution in [0.4, 0.5) is 0 Å². The Hall–Kier alpha value is -2.43. The van der Waals surface area contributed by atoms with Crippen LogP contribution in [-0.2, 0) is 23.9 Å². The van der Waals surface area contributed by atoms with Gasteiger partial charge >= 0.3 is 11.9 Å². The lowest BCUT2D eigenvalue weighted by molar-refractivity contribution is -0.149. The smallest absolute Gasteiger partial charge is 0.306 e. The number of esters is 2. The predicted octanol–water partition coefficient (Wildman–Crippen LogP) is 4.14. The van der Waals surface area contributed by atoms with Gasteiger partial charge in [-0.15, -0.1) is 0 Å². The Bertz CT molecular complexity index is 683. The van der Waals surface area contributed by atoms with Crippen molar-refractivity contribution < 1.29 is 23.9 Å². The molecule has 0 N–H and O–H groups in total. The molecule has 0 aromatic rings. The minimum absolute atomic E-state index is 0.177. The molecule has 27 heavy (non-hydrogen) atoms. The number of hydrogen-bond donors (Lipinski definition) is 0. The molecule has 0 amide bonds. The number of ether oxygens (including phenoxy) is 2. The van der Waals surface area contributed by atoms with Gasteiger partial charge in [-0.1, -0.05) is 44.1 Å². The van der Waals surface area contributed by atoms with E-state index in [4.69, 9.17) is 9.47 Å². The van der Waals surface area contributed by atoms with Crippen LogP contribution < -0.4 is 0 Å². The van der Waals surface area contributed by atoms with Gasteiger partial charge in [0.05, 0.1) is 0 Å². The Morgan fingerprint density at radius 3 is 2.81 bits per heavy atom. The minimum atomic E-state index is -1.07. The van der Waals surface area contributed by atoms with Crippen molar-refractivity contribution in [3.05, 3.63) is 48.1 Å². The van der Waals surface area contributed by atoms with Crippen LogP contribution in [0.2, 0.25) is 0 Å². The number of allylic oxidation sites excluding steroid dienone is 4. The van der Waals surface area contributed by atoms with E-state index in [-0.39, 0.29) is 17.9 Å². The zero-order chi connectivity index (χ0) is 19.7. The van der Waals surface area contributed by atoms with E-state index in [2.05, 4.69) is 13.0 Å². The molecule has 0 bridgehead atoms. The van der Waals surface area contributed by atoms with Gasteiger partial charge in [-0.05, 0) is 37.5 Å². The molecule has 0 radical (unpaired) electrons. The molecule has 0 aromatic heterocycles. The standard InChI is InChI=1S/C22H28O5/c1-3-4-5-6-7-8-15-22(27-17(2)23)16-14-20(24)19(22)11-9-10-18-12-13-21(25)26-18/h7-11,14,16,18H,3-6,12-13,15H2,1-2H3/b8-7-,10-9+,19-11+/t18-,22-/m0/s1. The van der Waals surface area contributed by atoms with Crippen LogP contribution >= 0.6 is 0 Å². The summed E-state index contributed by atoms with van der Waals surface area (Å²) in [5.41, 5.74) is -0.655. The molecular weight excluding hydrogens is 344 g/mol. The lowest BCUT2D eigenvalue weighted by Crippen LogP contribution is -2.33. The van der Waals surface area contributed by atoms with E-state index in [1.807, 2.05) is 6.08 Å². The van der Waals surface area contributed by atoms with Crippen molar-refractivity contribution in [1.82, 2.24) is 0 Å². The highest BCUT2D eigenvalue weighted by molar-refractivity contribution is 6.09. The van der Waals surface area contributed by atoms with Gasteiger partial charge in [-0.2, -0.15) is 0 Å². The van der Waals surface area contributed by atoms with E-state index in [9.17, 15) is 14.4 Å². The van der Waals surface area contributed by atoms with Crippen LogP contribution in [-0.4, -0.2) is 29.4 Å². The molecule has 0 aromatic carbocycles. The number of cyclic esters (lactones) is 1. The Labute approximate surface area is 160 Å². The second-order valence-electron chi connectivity index (χ2n) is 6.88. The molecule has 0 saturated carbocycles. The van der Waals surface area contributed by atoms with Crippen LogP contribution in [0.15, 0.2) is 48.1 Å². The first-order valence-electron chi connectivity index (χ1n) is 9.63. The molecule has 2 rings (SSSR count). The van der Waals surface area contributed by atoms with E-state index >= 15 is 0 Å². The Morgan fingerprint density at radius 1 is 1.33 bits per heavy atom. The van der Waals surface area contributed by atoms with Crippen LogP contribution in [0.3, 0.4) is 0 Å². The number of hydrogen-bond acceptors (Lipinski definition) is 5. The average Bonchev–Trinajstić information content (AvgIpc) is 3.16. The summed E-state index contributed by atoms with van der Waals surface area (Å²) in [5, 5.41) is 0. The van der Waals surface area contributed by atoms with E-state index < -0.39 is 11.6 Å². The maximum Gasteiger partial charge on any atom is 0.306 e. The topological polar surface area (TPSA) is 69.7 Å². The molecule has 5 nitrogen and oxygen atoms in total. The molecule has 1 heterocycles. The van der Waals surface area contributed by atoms with Gasteiger partial charge in [0.1, 0.15) is 6.10 Å². The van der Waals surface area contributed by atoms with Gasteiger partial charge in [-0.3, -0.25) is 14.4 Å². The van der Waals surface area contributed by atoms with Crippen molar-refractivity contribution in [3.8, 4) is 0 Å². The van der Waals surface area contributed by atoms with Crippen molar-refractivity contribution in [3.63, 3.8) is 0 Å². The molecule has 2 aliphatic rings. The average molecular weight is 372 g/mol. The van der Waals surface area contributed by atoms with Gasteiger partial charge in [0, 0.05) is 25.3 Å². The Kier molecular flexibility index (Phi) is 7.77. The van der Waals surface area contributed by atoms with Crippen molar-refractivity contribution in [2.24, 2.45) is 0 Å². The van der Waals surface area contributed by atoms with Crippen molar-refractivity contribution >= 4 is 17.7 Å². The molecule has 2 atom stereocenters. The summed E-state index contributed by atoms with van der Waals surface area (Å²) < 4.78 is 10.7. The summed E-state index contributed by atoms with van der Waals surface area (Å²) in [5.74, 6) is -0.824. The predicted molar refractivity (Wildman–Crippen MR) is 103 cm³/mol. The van der Waals surface area contributed by atoms with Crippen LogP contribution in [0.1, 0.15) is 58.8 Å². The summed E-state index contributed by atoms with van der Waals surface area (Å²) in [6.45, 7) is 3.50. The summed E-state index contributed by atoms with van der Waals surface area (Å²) >= 11 is 0. The molecule has 146 valence electrons. The highest BCUT2D eigenvalue weighted by atomic mass is 16.6. The van der Waals surface area contributed by atoms with Crippen molar-refractivity contribution in [2.45, 2.75) is 70.5 Å². The Morgan fingerprint density at radius 2 is 2.15 bits per heavy atom. The Balaban J connectivity index is 2.11. The second kappa shape index (κ2) is 10.0. The van der Waals surface area contributed by atoms with E-state index in [0.717, 1.165) is 19.3 Å². The van der Waals surface area contributed by atoms with E-state index in [0.29, 0.717) is 24.8 Å². The molecule has 1 saturated heterocycles. The second-order valence-corrected chi connectivity index (χ2v) is 6.88. The monoisotopic (exact) mass is 372 g/mol. The summed E-state index contributed by atoms with van der Waals surface area (Å²) in [6, 6.07) is 0. The number of carbonyl (C=O) groups excluding carboxylic acids is 3. The van der Waals surface area contributed by atoms with Crippen molar-refractivity contribution in [1.29, 1.82) is 0 Å². The quantitative estimate of drug-likeness (QED) is 0.263. The molecule has 0 unspecified atom stereocenters. The fourth-order valence-corrected chi connectivity index (χ4v) is 3.23. The third-order valence-corrected chi connectivity index (χ3v) is 4.62. The fourth-order valence-electron chi connectivity index (χ4n) is 3.23. The molecular formula is C22H28O5. The summed E-state index contributed by atoms with van der Waals surface area (Å²) in [4.78, 5) is 35.2.